The van der Waals surface area contributed by atoms with Crippen molar-refractivity contribution < 1.29 is 4.79 Å². The first-order valence-electron chi connectivity index (χ1n) is 9.57. The predicted molar refractivity (Wildman–Crippen MR) is 99.7 cm³/mol. The molecule has 1 amide bonds. The van der Waals surface area contributed by atoms with Crippen molar-refractivity contribution in [2.45, 2.75) is 45.2 Å². The average Bonchev–Trinajstić information content (AvgIpc) is 2.98. The first-order chi connectivity index (χ1) is 12.6. The maximum atomic E-state index is 13.1. The van der Waals surface area contributed by atoms with Gasteiger partial charge in [0.05, 0.1) is 0 Å². The highest BCUT2D eigenvalue weighted by molar-refractivity contribution is 5.92. The van der Waals surface area contributed by atoms with E-state index < -0.39 is 0 Å². The number of aromatic amines is 1. The second kappa shape index (κ2) is 7.19. The van der Waals surface area contributed by atoms with Crippen LogP contribution >= 0.6 is 0 Å². The van der Waals surface area contributed by atoms with Crippen molar-refractivity contribution in [2.75, 3.05) is 19.6 Å². The molecule has 2 bridgehead atoms. The van der Waals surface area contributed by atoms with E-state index in [-0.39, 0.29) is 11.9 Å². The largest absolute Gasteiger partial charge is 0.333 e. The Bertz CT molecular complexity index is 757. The summed E-state index contributed by atoms with van der Waals surface area (Å²) in [6.07, 6.45) is 6.04. The molecule has 3 aliphatic heterocycles. The van der Waals surface area contributed by atoms with Crippen LogP contribution in [0, 0.1) is 5.92 Å². The maximum Gasteiger partial charge on any atom is 0.274 e. The molecule has 0 radical (unpaired) electrons. The number of fused-ring (bicyclic) bond motifs is 4. The number of amides is 1. The lowest BCUT2D eigenvalue weighted by molar-refractivity contribution is 0.0579. The summed E-state index contributed by atoms with van der Waals surface area (Å²) >= 11 is 0. The minimum Gasteiger partial charge on any atom is -0.333 e. The monoisotopic (exact) mass is 353 g/mol. The van der Waals surface area contributed by atoms with E-state index in [0.717, 1.165) is 38.3 Å². The third-order valence-electron chi connectivity index (χ3n) is 5.62. The van der Waals surface area contributed by atoms with Crippen LogP contribution in [0.25, 0.3) is 0 Å². The van der Waals surface area contributed by atoms with Crippen LogP contribution in [0.2, 0.25) is 0 Å². The van der Waals surface area contributed by atoms with Gasteiger partial charge in [-0.3, -0.25) is 19.8 Å². The van der Waals surface area contributed by atoms with Gasteiger partial charge >= 0.3 is 0 Å². The number of nitrogens with zero attached hydrogens (tertiary/aromatic N) is 4. The molecule has 1 N–H and O–H groups in total. The average molecular weight is 353 g/mol. The molecule has 6 heteroatoms. The molecule has 2 aromatic heterocycles. The van der Waals surface area contributed by atoms with Gasteiger partial charge in [-0.15, -0.1) is 0 Å². The van der Waals surface area contributed by atoms with Crippen LogP contribution in [0.15, 0.2) is 30.6 Å². The Morgan fingerprint density at radius 1 is 1.31 bits per heavy atom. The van der Waals surface area contributed by atoms with Gasteiger partial charge in [0.15, 0.2) is 0 Å². The number of hydrogen-bond donors (Lipinski definition) is 1. The van der Waals surface area contributed by atoms with Crippen molar-refractivity contribution in [1.29, 1.82) is 0 Å². The zero-order chi connectivity index (χ0) is 18.1. The molecule has 0 spiro atoms. The summed E-state index contributed by atoms with van der Waals surface area (Å²) in [4.78, 5) is 21.8. The van der Waals surface area contributed by atoms with Gasteiger partial charge in [0.2, 0.25) is 0 Å². The first-order valence-corrected chi connectivity index (χ1v) is 9.57. The number of piperidine rings is 1. The Kier molecular flexibility index (Phi) is 4.76. The van der Waals surface area contributed by atoms with Crippen molar-refractivity contribution in [3.8, 4) is 0 Å². The van der Waals surface area contributed by atoms with E-state index in [2.05, 4.69) is 44.9 Å². The lowest BCUT2D eigenvalue weighted by Crippen LogP contribution is -2.47. The molecular weight excluding hydrogens is 326 g/mol. The van der Waals surface area contributed by atoms with Gasteiger partial charge in [0.1, 0.15) is 5.69 Å². The number of nitrogens with one attached hydrogen (secondary N) is 1. The molecular formula is C20H27N5O. The number of pyridine rings is 1. The van der Waals surface area contributed by atoms with Crippen LogP contribution in [-0.4, -0.2) is 56.6 Å². The highest BCUT2D eigenvalue weighted by Crippen LogP contribution is 2.30. The molecule has 0 aliphatic carbocycles. The SMILES string of the molecule is CC(C)c1cc(C(=O)N2C[C@H]3CC[C@@H]2CN(Cc2cccnc2)C3)n[nH]1. The molecule has 5 heterocycles. The van der Waals surface area contributed by atoms with Crippen molar-refractivity contribution in [2.24, 2.45) is 5.92 Å². The summed E-state index contributed by atoms with van der Waals surface area (Å²) < 4.78 is 0. The van der Waals surface area contributed by atoms with Crippen molar-refractivity contribution in [3.05, 3.63) is 47.5 Å². The quantitative estimate of drug-likeness (QED) is 0.918. The number of aromatic nitrogens is 3. The predicted octanol–water partition coefficient (Wildman–Crippen LogP) is 2.66. The van der Waals surface area contributed by atoms with Crippen LogP contribution in [0.3, 0.4) is 0 Å². The van der Waals surface area contributed by atoms with Gasteiger partial charge in [0.25, 0.3) is 5.91 Å². The van der Waals surface area contributed by atoms with Crippen LogP contribution in [0.5, 0.6) is 0 Å². The molecule has 6 nitrogen and oxygen atoms in total. The minimum atomic E-state index is 0.0751. The summed E-state index contributed by atoms with van der Waals surface area (Å²) in [5.41, 5.74) is 2.81. The smallest absolute Gasteiger partial charge is 0.274 e. The van der Waals surface area contributed by atoms with Crippen LogP contribution in [0.1, 0.15) is 54.4 Å². The molecule has 3 fully saturated rings. The van der Waals surface area contributed by atoms with Crippen molar-refractivity contribution >= 4 is 5.91 Å². The van der Waals surface area contributed by atoms with E-state index >= 15 is 0 Å². The summed E-state index contributed by atoms with van der Waals surface area (Å²) in [6.45, 7) is 7.93. The van der Waals surface area contributed by atoms with Gasteiger partial charge in [-0.1, -0.05) is 19.9 Å². The Hall–Kier alpha value is -2.21. The summed E-state index contributed by atoms with van der Waals surface area (Å²) in [5, 5.41) is 7.29. The van der Waals surface area contributed by atoms with E-state index in [1.165, 1.54) is 12.0 Å². The minimum absolute atomic E-state index is 0.0751. The zero-order valence-corrected chi connectivity index (χ0v) is 15.6. The van der Waals surface area contributed by atoms with E-state index in [4.69, 9.17) is 0 Å². The lowest BCUT2D eigenvalue weighted by Gasteiger charge is -2.35. The number of carbonyl (C=O) groups excluding carboxylic acids is 1. The normalized spacial score (nSPS) is 23.4. The lowest BCUT2D eigenvalue weighted by atomic mass is 9.94. The van der Waals surface area contributed by atoms with Crippen molar-refractivity contribution in [1.82, 2.24) is 25.0 Å². The van der Waals surface area contributed by atoms with Crippen molar-refractivity contribution in [3.63, 3.8) is 0 Å². The molecule has 26 heavy (non-hydrogen) atoms. The molecule has 0 saturated carbocycles. The van der Waals surface area contributed by atoms with Gasteiger partial charge in [-0.2, -0.15) is 5.10 Å². The molecule has 138 valence electrons. The molecule has 5 rings (SSSR count). The fourth-order valence-corrected chi connectivity index (χ4v) is 4.20. The van der Waals surface area contributed by atoms with E-state index in [0.29, 0.717) is 17.5 Å². The van der Waals surface area contributed by atoms with E-state index in [9.17, 15) is 4.79 Å². The fourth-order valence-electron chi connectivity index (χ4n) is 4.20. The number of hydrogen-bond acceptors (Lipinski definition) is 4. The molecule has 2 aromatic rings. The summed E-state index contributed by atoms with van der Waals surface area (Å²) in [5.74, 6) is 0.962. The number of carbonyl (C=O) groups is 1. The highest BCUT2D eigenvalue weighted by Gasteiger charge is 2.38. The Balaban J connectivity index is 1.48. The molecule has 3 aliphatic rings. The van der Waals surface area contributed by atoms with Gasteiger partial charge < -0.3 is 4.90 Å². The molecule has 2 atom stereocenters. The van der Waals surface area contributed by atoms with Gasteiger partial charge in [0, 0.05) is 50.3 Å². The Morgan fingerprint density at radius 2 is 2.19 bits per heavy atom. The Morgan fingerprint density at radius 3 is 2.92 bits per heavy atom. The second-order valence-corrected chi connectivity index (χ2v) is 7.97. The topological polar surface area (TPSA) is 65.1 Å². The zero-order valence-electron chi connectivity index (χ0n) is 15.6. The fraction of sp³-hybridized carbons (Fsp3) is 0.550. The number of H-pyrrole nitrogens is 1. The molecule has 3 saturated heterocycles. The van der Waals surface area contributed by atoms with Gasteiger partial charge in [-0.25, -0.2) is 0 Å². The third-order valence-corrected chi connectivity index (χ3v) is 5.62. The van der Waals surface area contributed by atoms with Crippen LogP contribution < -0.4 is 0 Å². The van der Waals surface area contributed by atoms with E-state index in [1.54, 1.807) is 0 Å². The van der Waals surface area contributed by atoms with E-state index in [1.807, 2.05) is 24.5 Å². The van der Waals surface area contributed by atoms with Crippen LogP contribution in [-0.2, 0) is 6.54 Å². The van der Waals surface area contributed by atoms with Gasteiger partial charge in [-0.05, 0) is 42.4 Å². The molecule has 0 unspecified atom stereocenters. The highest BCUT2D eigenvalue weighted by atomic mass is 16.2. The van der Waals surface area contributed by atoms with Crippen LogP contribution in [0.4, 0.5) is 0 Å². The number of rotatable bonds is 4. The summed E-state index contributed by atoms with van der Waals surface area (Å²) in [6, 6.07) is 6.30. The molecule has 0 aromatic carbocycles. The first kappa shape index (κ1) is 17.2. The second-order valence-electron chi connectivity index (χ2n) is 7.97. The standard InChI is InChI=1S/C20H27N5O/c1-14(2)18-8-19(23-22-18)20(26)25-12-16-5-6-17(25)13-24(11-16)10-15-4-3-7-21-9-15/h3-4,7-9,14,16-17H,5-6,10-13H2,1-2H3,(H,22,23)/t16-,17+/m0/s1. The Labute approximate surface area is 154 Å². The summed E-state index contributed by atoms with van der Waals surface area (Å²) in [7, 11) is 0. The maximum absolute atomic E-state index is 13.1. The third kappa shape index (κ3) is 3.51.